The van der Waals surface area contributed by atoms with Gasteiger partial charge in [0.15, 0.2) is 0 Å². The van der Waals surface area contributed by atoms with Crippen molar-refractivity contribution in [3.05, 3.63) is 65.7 Å². The molecule has 8 heteroatoms. The molecule has 0 saturated carbocycles. The molecule has 2 aromatic rings. The van der Waals surface area contributed by atoms with Gasteiger partial charge in [0.2, 0.25) is 15.9 Å². The summed E-state index contributed by atoms with van der Waals surface area (Å²) in [6.45, 7) is 3.10. The van der Waals surface area contributed by atoms with Crippen molar-refractivity contribution in [1.82, 2.24) is 9.62 Å². The topological polar surface area (TPSA) is 95.9 Å². The number of rotatable bonds is 8. The van der Waals surface area contributed by atoms with Crippen LogP contribution in [-0.2, 0) is 26.0 Å². The van der Waals surface area contributed by atoms with Crippen molar-refractivity contribution in [2.24, 2.45) is 5.92 Å². The van der Waals surface area contributed by atoms with Gasteiger partial charge in [0, 0.05) is 13.1 Å². The molecule has 7 nitrogen and oxygen atoms in total. The molecule has 2 aliphatic heterocycles. The minimum Gasteiger partial charge on any atom is -0.394 e. The number of likely N-dealkylation sites (tertiary alicyclic amines) is 1. The second-order valence-electron chi connectivity index (χ2n) is 9.82. The highest BCUT2D eigenvalue weighted by atomic mass is 32.2. The Morgan fingerprint density at radius 1 is 1.03 bits per heavy atom. The highest BCUT2D eigenvalue weighted by molar-refractivity contribution is 7.89. The van der Waals surface area contributed by atoms with Crippen LogP contribution in [0.4, 0.5) is 0 Å². The summed E-state index contributed by atoms with van der Waals surface area (Å²) in [6, 6.07) is 16.6. The molecular formula is C27H36N2O5S. The first-order valence-corrected chi connectivity index (χ1v) is 14.0. The van der Waals surface area contributed by atoms with Crippen LogP contribution in [0.3, 0.4) is 0 Å². The summed E-state index contributed by atoms with van der Waals surface area (Å²) < 4.78 is 34.2. The number of aliphatic hydroxyl groups is 1. The van der Waals surface area contributed by atoms with Gasteiger partial charge in [-0.15, -0.1) is 0 Å². The summed E-state index contributed by atoms with van der Waals surface area (Å²) in [7, 11) is -3.72. The third kappa shape index (κ3) is 6.91. The van der Waals surface area contributed by atoms with Crippen molar-refractivity contribution in [3.63, 3.8) is 0 Å². The number of nitrogens with one attached hydrogen (secondary N) is 1. The van der Waals surface area contributed by atoms with E-state index in [1.165, 1.54) is 5.56 Å². The van der Waals surface area contributed by atoms with Gasteiger partial charge < -0.3 is 14.7 Å². The maximum absolute atomic E-state index is 12.9. The zero-order chi connectivity index (χ0) is 24.8. The molecule has 2 saturated heterocycles. The number of hydrogen-bond acceptors (Lipinski definition) is 5. The molecular weight excluding hydrogens is 464 g/mol. The maximum atomic E-state index is 12.9. The number of amides is 1. The number of nitrogens with zero attached hydrogens (tertiary/aromatic N) is 1. The number of ether oxygens (including phenoxy) is 1. The van der Waals surface area contributed by atoms with E-state index in [1.54, 1.807) is 24.3 Å². The van der Waals surface area contributed by atoms with Crippen molar-refractivity contribution in [1.29, 1.82) is 0 Å². The Hall–Kier alpha value is -2.26. The third-order valence-electron chi connectivity index (χ3n) is 7.17. The van der Waals surface area contributed by atoms with E-state index in [2.05, 4.69) is 29.0 Å². The lowest BCUT2D eigenvalue weighted by Crippen LogP contribution is -2.51. The van der Waals surface area contributed by atoms with Crippen LogP contribution in [0.5, 0.6) is 0 Å². The number of piperidine rings is 1. The number of aliphatic hydroxyl groups excluding tert-OH is 1. The van der Waals surface area contributed by atoms with E-state index in [9.17, 15) is 18.3 Å². The molecule has 4 rings (SSSR count). The fourth-order valence-corrected chi connectivity index (χ4v) is 6.36. The van der Waals surface area contributed by atoms with Gasteiger partial charge in [0.25, 0.3) is 0 Å². The Morgan fingerprint density at radius 3 is 2.37 bits per heavy atom. The van der Waals surface area contributed by atoms with Gasteiger partial charge in [-0.1, -0.05) is 48.0 Å². The summed E-state index contributed by atoms with van der Waals surface area (Å²) in [5, 5.41) is 9.86. The second-order valence-corrected chi connectivity index (χ2v) is 11.5. The molecule has 0 spiro atoms. The van der Waals surface area contributed by atoms with Gasteiger partial charge in [0.1, 0.15) is 0 Å². The van der Waals surface area contributed by atoms with Crippen LogP contribution in [0.15, 0.2) is 59.5 Å². The van der Waals surface area contributed by atoms with E-state index < -0.39 is 22.2 Å². The molecule has 35 heavy (non-hydrogen) atoms. The van der Waals surface area contributed by atoms with E-state index in [1.807, 2.05) is 17.9 Å². The van der Waals surface area contributed by atoms with E-state index >= 15 is 0 Å². The lowest BCUT2D eigenvalue weighted by molar-refractivity contribution is -0.141. The van der Waals surface area contributed by atoms with Gasteiger partial charge in [0.05, 0.1) is 36.2 Å². The predicted molar refractivity (Wildman–Crippen MR) is 134 cm³/mol. The fourth-order valence-electron chi connectivity index (χ4n) is 5.06. The number of hydrogen-bond donors (Lipinski definition) is 2. The first-order chi connectivity index (χ1) is 16.8. The highest BCUT2D eigenvalue weighted by Gasteiger charge is 2.35. The maximum Gasteiger partial charge on any atom is 0.240 e. The van der Waals surface area contributed by atoms with Crippen molar-refractivity contribution in [2.45, 2.75) is 68.6 Å². The van der Waals surface area contributed by atoms with Crippen molar-refractivity contribution >= 4 is 15.9 Å². The quantitative estimate of drug-likeness (QED) is 0.581. The standard InChI is InChI=1S/C27H36N2O5S/c1-20-7-10-24(11-8-20)35(32,33)28-25-12-9-23(34-26(25)19-30)18-27(31)29-15-13-22(14-16-29)17-21-5-3-2-4-6-21/h2-8,10-11,22-23,25-26,28,30H,9,12-19H2,1H3/t23-,25-,26+/m0/s1. The average Bonchev–Trinajstić information content (AvgIpc) is 2.86. The van der Waals surface area contributed by atoms with Crippen molar-refractivity contribution in [3.8, 4) is 0 Å². The summed E-state index contributed by atoms with van der Waals surface area (Å²) in [5.41, 5.74) is 2.32. The van der Waals surface area contributed by atoms with E-state index in [0.717, 1.165) is 37.9 Å². The molecule has 2 heterocycles. The van der Waals surface area contributed by atoms with Gasteiger partial charge in [-0.3, -0.25) is 4.79 Å². The summed E-state index contributed by atoms with van der Waals surface area (Å²) in [5.74, 6) is 0.664. The van der Waals surface area contributed by atoms with Crippen LogP contribution in [0.2, 0.25) is 0 Å². The summed E-state index contributed by atoms with van der Waals surface area (Å²) >= 11 is 0. The molecule has 3 atom stereocenters. The van der Waals surface area contributed by atoms with Gasteiger partial charge in [-0.25, -0.2) is 13.1 Å². The van der Waals surface area contributed by atoms with Crippen LogP contribution in [0.1, 0.15) is 43.2 Å². The monoisotopic (exact) mass is 500 g/mol. The number of aryl methyl sites for hydroxylation is 1. The Labute approximate surface area is 208 Å². The lowest BCUT2D eigenvalue weighted by atomic mass is 9.90. The molecule has 0 unspecified atom stereocenters. The minimum atomic E-state index is -3.72. The fraction of sp³-hybridized carbons (Fsp3) is 0.519. The summed E-state index contributed by atoms with van der Waals surface area (Å²) in [4.78, 5) is 15.0. The van der Waals surface area contributed by atoms with Gasteiger partial charge in [-0.05, 0) is 62.6 Å². The van der Waals surface area contributed by atoms with E-state index in [-0.39, 0.29) is 29.9 Å². The molecule has 2 N–H and O–H groups in total. The molecule has 2 aliphatic rings. The van der Waals surface area contributed by atoms with Crippen LogP contribution in [-0.4, -0.2) is 62.3 Å². The normalized spacial score (nSPS) is 23.8. The molecule has 2 aromatic carbocycles. The Kier molecular flexibility index (Phi) is 8.59. The number of carbonyl (C=O) groups is 1. The average molecular weight is 501 g/mol. The first-order valence-electron chi connectivity index (χ1n) is 12.5. The molecule has 0 bridgehead atoms. The number of carbonyl (C=O) groups excluding carboxylic acids is 1. The SMILES string of the molecule is Cc1ccc(S(=O)(=O)N[C@H]2CC[C@@H](CC(=O)N3CCC(Cc4ccccc4)CC3)O[C@@H]2CO)cc1. The highest BCUT2D eigenvalue weighted by Crippen LogP contribution is 2.26. The lowest BCUT2D eigenvalue weighted by Gasteiger charge is -2.37. The number of benzene rings is 2. The Bertz CT molecular complexity index is 1070. The van der Waals surface area contributed by atoms with Gasteiger partial charge >= 0.3 is 0 Å². The van der Waals surface area contributed by atoms with Crippen molar-refractivity contribution < 1.29 is 23.1 Å². The van der Waals surface area contributed by atoms with E-state index in [0.29, 0.717) is 18.8 Å². The largest absolute Gasteiger partial charge is 0.394 e. The molecule has 0 radical (unpaired) electrons. The second kappa shape index (κ2) is 11.6. The van der Waals surface area contributed by atoms with Crippen LogP contribution >= 0.6 is 0 Å². The molecule has 2 fully saturated rings. The predicted octanol–water partition coefficient (Wildman–Crippen LogP) is 3.05. The third-order valence-corrected chi connectivity index (χ3v) is 8.68. The van der Waals surface area contributed by atoms with Crippen LogP contribution in [0, 0.1) is 12.8 Å². The molecule has 1 amide bonds. The summed E-state index contributed by atoms with van der Waals surface area (Å²) in [6.07, 6.45) is 3.37. The first kappa shape index (κ1) is 25.8. The smallest absolute Gasteiger partial charge is 0.240 e. The minimum absolute atomic E-state index is 0.0727. The zero-order valence-electron chi connectivity index (χ0n) is 20.3. The Balaban J connectivity index is 1.25. The number of sulfonamides is 1. The molecule has 190 valence electrons. The van der Waals surface area contributed by atoms with Crippen molar-refractivity contribution in [2.75, 3.05) is 19.7 Å². The molecule has 0 aliphatic carbocycles. The van der Waals surface area contributed by atoms with Gasteiger partial charge in [-0.2, -0.15) is 0 Å². The van der Waals surface area contributed by atoms with E-state index in [4.69, 9.17) is 4.74 Å². The van der Waals surface area contributed by atoms with Crippen LogP contribution < -0.4 is 4.72 Å². The van der Waals surface area contributed by atoms with Crippen LogP contribution in [0.25, 0.3) is 0 Å². The molecule has 0 aromatic heterocycles. The Morgan fingerprint density at radius 2 is 1.71 bits per heavy atom. The zero-order valence-corrected chi connectivity index (χ0v) is 21.1.